The number of rotatable bonds is 5. The predicted molar refractivity (Wildman–Crippen MR) is 107 cm³/mol. The Hall–Kier alpha value is -2.21. The topological polar surface area (TPSA) is 63.1 Å². The molecule has 3 heterocycles. The second kappa shape index (κ2) is 6.99. The van der Waals surface area contributed by atoms with Gasteiger partial charge in [-0.25, -0.2) is 0 Å². The summed E-state index contributed by atoms with van der Waals surface area (Å²) in [6, 6.07) is 9.38. The fourth-order valence-electron chi connectivity index (χ4n) is 4.69. The van der Waals surface area contributed by atoms with E-state index in [2.05, 4.69) is 63.1 Å². The maximum atomic E-state index is 12.5. The van der Waals surface area contributed by atoms with Gasteiger partial charge in [-0.1, -0.05) is 38.1 Å². The number of nitrogens with one attached hydrogen (secondary N) is 1. The van der Waals surface area contributed by atoms with Gasteiger partial charge in [0.1, 0.15) is 5.82 Å². The summed E-state index contributed by atoms with van der Waals surface area (Å²) in [5.41, 5.74) is 2.76. The lowest BCUT2D eigenvalue weighted by atomic mass is 9.89. The van der Waals surface area contributed by atoms with Crippen LogP contribution in [0.15, 0.2) is 24.3 Å². The number of aromatic nitrogens is 3. The molecule has 3 aliphatic rings. The van der Waals surface area contributed by atoms with Gasteiger partial charge in [0.15, 0.2) is 0 Å². The maximum Gasteiger partial charge on any atom is 0.289 e. The Morgan fingerprint density at radius 2 is 1.93 bits per heavy atom. The Balaban J connectivity index is 1.28. The number of fused-ring (bicyclic) bond motifs is 3. The van der Waals surface area contributed by atoms with Crippen molar-refractivity contribution in [2.45, 2.75) is 64.1 Å². The first kappa shape index (κ1) is 17.9. The Bertz CT molecular complexity index is 868. The van der Waals surface area contributed by atoms with Crippen LogP contribution in [-0.2, 0) is 13.1 Å². The molecular weight excluding hydrogens is 350 g/mol. The van der Waals surface area contributed by atoms with Crippen LogP contribution in [0.25, 0.3) is 0 Å². The monoisotopic (exact) mass is 379 g/mol. The number of carbonyl (C=O) groups excluding carboxylic acids is 1. The van der Waals surface area contributed by atoms with E-state index in [9.17, 15) is 4.79 Å². The molecule has 0 spiro atoms. The number of likely N-dealkylation sites (tertiary alicyclic amines) is 1. The van der Waals surface area contributed by atoms with E-state index in [0.717, 1.165) is 51.3 Å². The summed E-state index contributed by atoms with van der Waals surface area (Å²) in [5.74, 6) is 3.03. The molecule has 148 valence electrons. The largest absolute Gasteiger partial charge is 0.347 e. The fraction of sp³-hybridized carbons (Fsp3) is 0.591. The van der Waals surface area contributed by atoms with Gasteiger partial charge in [-0.05, 0) is 42.2 Å². The van der Waals surface area contributed by atoms with E-state index in [1.807, 2.05) is 0 Å². The minimum absolute atomic E-state index is 0.0557. The van der Waals surface area contributed by atoms with E-state index in [-0.39, 0.29) is 5.91 Å². The summed E-state index contributed by atoms with van der Waals surface area (Å²) in [4.78, 5) is 15.0. The minimum Gasteiger partial charge on any atom is -0.347 e. The molecule has 6 nitrogen and oxygen atoms in total. The highest BCUT2D eigenvalue weighted by Gasteiger charge is 2.41. The van der Waals surface area contributed by atoms with Gasteiger partial charge in [-0.15, -0.1) is 10.2 Å². The molecule has 5 rings (SSSR count). The molecule has 0 unspecified atom stereocenters. The van der Waals surface area contributed by atoms with Crippen molar-refractivity contribution in [3.05, 3.63) is 47.0 Å². The van der Waals surface area contributed by atoms with Gasteiger partial charge < -0.3 is 9.88 Å². The van der Waals surface area contributed by atoms with Crippen LogP contribution in [0.3, 0.4) is 0 Å². The molecule has 1 saturated carbocycles. The zero-order valence-corrected chi connectivity index (χ0v) is 16.8. The normalized spacial score (nSPS) is 24.2. The number of benzene rings is 1. The molecule has 1 saturated heterocycles. The van der Waals surface area contributed by atoms with Crippen LogP contribution in [-0.4, -0.2) is 44.7 Å². The first-order chi connectivity index (χ1) is 13.6. The van der Waals surface area contributed by atoms with Gasteiger partial charge in [0.05, 0.1) is 0 Å². The van der Waals surface area contributed by atoms with E-state index in [4.69, 9.17) is 0 Å². The molecular formula is C22H29N5O. The van der Waals surface area contributed by atoms with Crippen molar-refractivity contribution in [3.63, 3.8) is 0 Å². The van der Waals surface area contributed by atoms with Crippen molar-refractivity contribution in [2.24, 2.45) is 5.92 Å². The number of amides is 1. The fourth-order valence-corrected chi connectivity index (χ4v) is 4.69. The first-order valence-corrected chi connectivity index (χ1v) is 10.6. The minimum atomic E-state index is -0.0557. The molecule has 1 aromatic heterocycles. The summed E-state index contributed by atoms with van der Waals surface area (Å²) in [7, 11) is 0. The highest BCUT2D eigenvalue weighted by molar-refractivity contribution is 5.91. The molecule has 0 bridgehead atoms. The average molecular weight is 380 g/mol. The third-order valence-electron chi connectivity index (χ3n) is 6.52. The van der Waals surface area contributed by atoms with Gasteiger partial charge >= 0.3 is 0 Å². The van der Waals surface area contributed by atoms with Gasteiger partial charge in [0.2, 0.25) is 5.82 Å². The van der Waals surface area contributed by atoms with Gasteiger partial charge in [-0.3, -0.25) is 9.69 Å². The first-order valence-electron chi connectivity index (χ1n) is 10.6. The Labute approximate surface area is 166 Å². The van der Waals surface area contributed by atoms with Crippen molar-refractivity contribution in [2.75, 3.05) is 13.1 Å². The SMILES string of the molecule is CC(C)c1ccc(CN2C[C@@H]3CCn4c(C(=O)NC5CC5)nnc4[C@@H]3C2)cc1. The molecule has 2 aliphatic heterocycles. The predicted octanol–water partition coefficient (Wildman–Crippen LogP) is 2.91. The molecule has 0 radical (unpaired) electrons. The zero-order valence-electron chi connectivity index (χ0n) is 16.8. The standard InChI is InChI=1S/C22H29N5O/c1-14(2)16-5-3-15(4-6-16)11-26-12-17-9-10-27-20(19(17)13-26)24-25-21(27)22(28)23-18-7-8-18/h3-6,14,17-19H,7-13H2,1-2H3,(H,23,28)/t17-,19+/m0/s1. The number of carbonyl (C=O) groups is 1. The molecule has 2 atom stereocenters. The highest BCUT2D eigenvalue weighted by Crippen LogP contribution is 2.38. The van der Waals surface area contributed by atoms with Crippen LogP contribution in [0.5, 0.6) is 0 Å². The van der Waals surface area contributed by atoms with Gasteiger partial charge in [0, 0.05) is 38.1 Å². The van der Waals surface area contributed by atoms with E-state index in [1.165, 1.54) is 11.1 Å². The zero-order chi connectivity index (χ0) is 19.3. The third kappa shape index (κ3) is 3.34. The Kier molecular flexibility index (Phi) is 4.46. The molecule has 2 aromatic rings. The molecule has 1 N–H and O–H groups in total. The number of nitrogens with zero attached hydrogens (tertiary/aromatic N) is 4. The summed E-state index contributed by atoms with van der Waals surface area (Å²) < 4.78 is 2.07. The quantitative estimate of drug-likeness (QED) is 0.868. The Morgan fingerprint density at radius 1 is 1.14 bits per heavy atom. The van der Waals surface area contributed by atoms with Crippen LogP contribution in [0.2, 0.25) is 0 Å². The van der Waals surface area contributed by atoms with Crippen molar-refractivity contribution < 1.29 is 4.79 Å². The van der Waals surface area contributed by atoms with Crippen molar-refractivity contribution in [3.8, 4) is 0 Å². The van der Waals surface area contributed by atoms with Gasteiger partial charge in [0.25, 0.3) is 5.91 Å². The molecule has 28 heavy (non-hydrogen) atoms. The van der Waals surface area contributed by atoms with Gasteiger partial charge in [-0.2, -0.15) is 0 Å². The second-order valence-electron chi connectivity index (χ2n) is 9.03. The molecule has 1 aliphatic carbocycles. The van der Waals surface area contributed by atoms with E-state index in [1.54, 1.807) is 0 Å². The Morgan fingerprint density at radius 3 is 2.64 bits per heavy atom. The molecule has 6 heteroatoms. The van der Waals surface area contributed by atoms with Crippen molar-refractivity contribution >= 4 is 5.91 Å². The van der Waals surface area contributed by atoms with E-state index in [0.29, 0.717) is 29.6 Å². The van der Waals surface area contributed by atoms with Crippen molar-refractivity contribution in [1.29, 1.82) is 0 Å². The molecule has 1 amide bonds. The number of hydrogen-bond donors (Lipinski definition) is 1. The van der Waals surface area contributed by atoms with Crippen LogP contribution in [0, 0.1) is 5.92 Å². The summed E-state index contributed by atoms with van der Waals surface area (Å²) >= 11 is 0. The smallest absolute Gasteiger partial charge is 0.289 e. The lowest BCUT2D eigenvalue weighted by molar-refractivity contribution is 0.0934. The number of hydrogen-bond acceptors (Lipinski definition) is 4. The summed E-state index contributed by atoms with van der Waals surface area (Å²) in [6.45, 7) is 8.40. The van der Waals surface area contributed by atoms with Crippen LogP contribution in [0.1, 0.15) is 72.5 Å². The summed E-state index contributed by atoms with van der Waals surface area (Å²) in [5, 5.41) is 11.7. The maximum absolute atomic E-state index is 12.5. The lowest BCUT2D eigenvalue weighted by Crippen LogP contribution is -2.31. The van der Waals surface area contributed by atoms with Crippen LogP contribution in [0.4, 0.5) is 0 Å². The van der Waals surface area contributed by atoms with Crippen LogP contribution < -0.4 is 5.32 Å². The lowest BCUT2D eigenvalue weighted by Gasteiger charge is -2.25. The van der Waals surface area contributed by atoms with E-state index >= 15 is 0 Å². The second-order valence-corrected chi connectivity index (χ2v) is 9.03. The molecule has 1 aromatic carbocycles. The van der Waals surface area contributed by atoms with E-state index < -0.39 is 0 Å². The highest BCUT2D eigenvalue weighted by atomic mass is 16.2. The molecule has 2 fully saturated rings. The van der Waals surface area contributed by atoms with Crippen molar-refractivity contribution in [1.82, 2.24) is 25.0 Å². The average Bonchev–Trinajstić information content (AvgIpc) is 3.23. The summed E-state index contributed by atoms with van der Waals surface area (Å²) in [6.07, 6.45) is 3.28. The van der Waals surface area contributed by atoms with Crippen LogP contribution >= 0.6 is 0 Å². The third-order valence-corrected chi connectivity index (χ3v) is 6.52.